The maximum absolute atomic E-state index is 10.5. The van der Waals surface area contributed by atoms with Crippen molar-refractivity contribution in [2.75, 3.05) is 7.11 Å². The molecule has 1 rings (SSSR count). The number of rotatable bonds is 5. The van der Waals surface area contributed by atoms with Gasteiger partial charge in [0.2, 0.25) is 6.41 Å². The molecule has 0 bridgehead atoms. The summed E-state index contributed by atoms with van der Waals surface area (Å²) in [5.41, 5.74) is -0.678. The molecule has 0 saturated heterocycles. The molecule has 74 valence electrons. The average Bonchev–Trinajstić information content (AvgIpc) is 2.02. The number of carboxylic acids is 1. The Morgan fingerprint density at radius 3 is 2.85 bits per heavy atom. The zero-order valence-electron chi connectivity index (χ0n) is 7.45. The molecular formula is C8H13NO4. The second kappa shape index (κ2) is 3.74. The zero-order chi connectivity index (χ0) is 9.90. The minimum absolute atomic E-state index is 0.0791. The van der Waals surface area contributed by atoms with E-state index in [2.05, 4.69) is 5.32 Å². The summed E-state index contributed by atoms with van der Waals surface area (Å²) in [6.07, 6.45) is 1.74. The molecule has 5 nitrogen and oxygen atoms in total. The molecule has 0 radical (unpaired) electrons. The highest BCUT2D eigenvalue weighted by atomic mass is 16.5. The molecule has 1 saturated carbocycles. The van der Waals surface area contributed by atoms with Crippen molar-refractivity contribution in [3.8, 4) is 0 Å². The van der Waals surface area contributed by atoms with Gasteiger partial charge >= 0.3 is 5.97 Å². The summed E-state index contributed by atoms with van der Waals surface area (Å²) < 4.78 is 5.07. The summed E-state index contributed by atoms with van der Waals surface area (Å²) in [5, 5.41) is 11.2. The number of ether oxygens (including phenoxy) is 1. The van der Waals surface area contributed by atoms with E-state index in [9.17, 15) is 9.59 Å². The normalized spacial score (nSPS) is 31.9. The maximum atomic E-state index is 10.5. The van der Waals surface area contributed by atoms with Crippen molar-refractivity contribution in [1.29, 1.82) is 0 Å². The molecule has 0 spiro atoms. The molecule has 1 aliphatic rings. The van der Waals surface area contributed by atoms with Gasteiger partial charge in [0.25, 0.3) is 0 Å². The van der Waals surface area contributed by atoms with Crippen molar-refractivity contribution in [3.63, 3.8) is 0 Å². The molecule has 2 unspecified atom stereocenters. The molecule has 2 N–H and O–H groups in total. The van der Waals surface area contributed by atoms with Crippen LogP contribution in [-0.4, -0.2) is 36.2 Å². The highest BCUT2D eigenvalue weighted by molar-refractivity contribution is 5.70. The highest BCUT2D eigenvalue weighted by Crippen LogP contribution is 2.37. The van der Waals surface area contributed by atoms with Gasteiger partial charge in [0.05, 0.1) is 18.1 Å². The van der Waals surface area contributed by atoms with Crippen molar-refractivity contribution < 1.29 is 19.4 Å². The van der Waals surface area contributed by atoms with Gasteiger partial charge in [-0.3, -0.25) is 9.59 Å². The van der Waals surface area contributed by atoms with Crippen LogP contribution < -0.4 is 5.32 Å². The lowest BCUT2D eigenvalue weighted by Gasteiger charge is -2.47. The topological polar surface area (TPSA) is 75.6 Å². The summed E-state index contributed by atoms with van der Waals surface area (Å²) in [6.45, 7) is 0. The highest BCUT2D eigenvalue weighted by Gasteiger charge is 2.48. The summed E-state index contributed by atoms with van der Waals surface area (Å²) in [6, 6.07) is 0. The van der Waals surface area contributed by atoms with Gasteiger partial charge < -0.3 is 15.2 Å². The first-order valence-corrected chi connectivity index (χ1v) is 4.10. The van der Waals surface area contributed by atoms with Gasteiger partial charge in [-0.2, -0.15) is 0 Å². The molecule has 1 aliphatic carbocycles. The van der Waals surface area contributed by atoms with Crippen LogP contribution in [0.1, 0.15) is 19.3 Å². The molecule has 0 aromatic carbocycles. The van der Waals surface area contributed by atoms with Gasteiger partial charge in [-0.15, -0.1) is 0 Å². The Hall–Kier alpha value is -1.10. The van der Waals surface area contributed by atoms with Crippen LogP contribution in [0.2, 0.25) is 0 Å². The van der Waals surface area contributed by atoms with Crippen LogP contribution in [0.3, 0.4) is 0 Å². The third kappa shape index (κ3) is 1.80. The second-order valence-electron chi connectivity index (χ2n) is 3.25. The SMILES string of the molecule is COC1CCC1(CC(=O)O)NC=O. The van der Waals surface area contributed by atoms with E-state index >= 15 is 0 Å². The number of carboxylic acid groups (broad SMARTS) is 1. The largest absolute Gasteiger partial charge is 0.481 e. The molecule has 1 fully saturated rings. The van der Waals surface area contributed by atoms with Crippen LogP contribution in [0, 0.1) is 0 Å². The number of hydrogen-bond acceptors (Lipinski definition) is 3. The predicted molar refractivity (Wildman–Crippen MR) is 44.2 cm³/mol. The van der Waals surface area contributed by atoms with Crippen molar-refractivity contribution in [1.82, 2.24) is 5.32 Å². The molecule has 0 heterocycles. The van der Waals surface area contributed by atoms with Crippen molar-refractivity contribution in [3.05, 3.63) is 0 Å². The Morgan fingerprint density at radius 2 is 2.54 bits per heavy atom. The van der Waals surface area contributed by atoms with E-state index in [-0.39, 0.29) is 12.5 Å². The predicted octanol–water partition coefficient (Wildman–Crippen LogP) is -0.245. The van der Waals surface area contributed by atoms with Gasteiger partial charge in [-0.25, -0.2) is 0 Å². The monoisotopic (exact) mass is 187 g/mol. The number of methoxy groups -OCH3 is 1. The number of nitrogens with one attached hydrogen (secondary N) is 1. The fourth-order valence-corrected chi connectivity index (χ4v) is 1.76. The van der Waals surface area contributed by atoms with E-state index in [1.807, 2.05) is 0 Å². The Bertz CT molecular complexity index is 216. The zero-order valence-corrected chi connectivity index (χ0v) is 7.45. The second-order valence-corrected chi connectivity index (χ2v) is 3.25. The molecule has 1 amide bonds. The molecule has 0 aromatic rings. The molecule has 2 atom stereocenters. The van der Waals surface area contributed by atoms with E-state index < -0.39 is 11.5 Å². The van der Waals surface area contributed by atoms with Crippen LogP contribution in [0.4, 0.5) is 0 Å². The summed E-state index contributed by atoms with van der Waals surface area (Å²) in [7, 11) is 1.52. The minimum Gasteiger partial charge on any atom is -0.481 e. The van der Waals surface area contributed by atoms with Gasteiger partial charge in [0.1, 0.15) is 0 Å². The lowest BCUT2D eigenvalue weighted by atomic mass is 9.71. The number of hydrogen-bond donors (Lipinski definition) is 2. The number of carbonyl (C=O) groups excluding carboxylic acids is 1. The van der Waals surface area contributed by atoms with Gasteiger partial charge in [-0.1, -0.05) is 0 Å². The summed E-state index contributed by atoms with van der Waals surface area (Å²) >= 11 is 0. The quantitative estimate of drug-likeness (QED) is 0.582. The number of carbonyl (C=O) groups is 2. The van der Waals surface area contributed by atoms with E-state index in [0.717, 1.165) is 6.42 Å². The smallest absolute Gasteiger partial charge is 0.305 e. The van der Waals surface area contributed by atoms with Crippen molar-refractivity contribution in [2.24, 2.45) is 0 Å². The van der Waals surface area contributed by atoms with Crippen LogP contribution in [0.25, 0.3) is 0 Å². The van der Waals surface area contributed by atoms with E-state index in [1.54, 1.807) is 0 Å². The van der Waals surface area contributed by atoms with Crippen LogP contribution in [0.15, 0.2) is 0 Å². The lowest BCUT2D eigenvalue weighted by Crippen LogP contribution is -2.62. The first-order chi connectivity index (χ1) is 6.14. The first kappa shape index (κ1) is 9.98. The first-order valence-electron chi connectivity index (χ1n) is 4.10. The Morgan fingerprint density at radius 1 is 1.85 bits per heavy atom. The minimum atomic E-state index is -0.920. The standard InChI is InChI=1S/C8H13NO4/c1-13-6-2-3-8(6,9-5-10)4-7(11)12/h5-6H,2-4H2,1H3,(H,9,10)(H,11,12). The van der Waals surface area contributed by atoms with Gasteiger partial charge in [0, 0.05) is 7.11 Å². The van der Waals surface area contributed by atoms with Crippen LogP contribution in [0.5, 0.6) is 0 Å². The summed E-state index contributed by atoms with van der Waals surface area (Å²) in [5.74, 6) is -0.920. The van der Waals surface area contributed by atoms with Crippen molar-refractivity contribution in [2.45, 2.75) is 30.9 Å². The number of amides is 1. The third-order valence-electron chi connectivity index (χ3n) is 2.57. The average molecular weight is 187 g/mol. The Kier molecular flexibility index (Phi) is 2.87. The Labute approximate surface area is 76.1 Å². The van der Waals surface area contributed by atoms with Gasteiger partial charge in [-0.05, 0) is 12.8 Å². The fraction of sp³-hybridized carbons (Fsp3) is 0.750. The van der Waals surface area contributed by atoms with E-state index in [4.69, 9.17) is 9.84 Å². The molecule has 13 heavy (non-hydrogen) atoms. The van der Waals surface area contributed by atoms with E-state index in [1.165, 1.54) is 7.11 Å². The lowest BCUT2D eigenvalue weighted by molar-refractivity contribution is -0.145. The van der Waals surface area contributed by atoms with E-state index in [0.29, 0.717) is 12.8 Å². The van der Waals surface area contributed by atoms with Crippen LogP contribution >= 0.6 is 0 Å². The number of aliphatic carboxylic acids is 1. The van der Waals surface area contributed by atoms with Gasteiger partial charge in [0.15, 0.2) is 0 Å². The summed E-state index contributed by atoms with van der Waals surface area (Å²) in [4.78, 5) is 20.8. The van der Waals surface area contributed by atoms with Crippen LogP contribution in [-0.2, 0) is 14.3 Å². The van der Waals surface area contributed by atoms with Crippen molar-refractivity contribution >= 4 is 12.4 Å². The fourth-order valence-electron chi connectivity index (χ4n) is 1.76. The molecular weight excluding hydrogens is 174 g/mol. The third-order valence-corrected chi connectivity index (χ3v) is 2.57. The molecule has 0 aliphatic heterocycles. The molecule has 0 aromatic heterocycles. The molecule has 5 heteroatoms. The maximum Gasteiger partial charge on any atom is 0.305 e. The Balaban J connectivity index is 2.63.